The Kier molecular flexibility index (Phi) is 4.32. The van der Waals surface area contributed by atoms with Crippen LogP contribution in [0, 0.1) is 6.92 Å². The van der Waals surface area contributed by atoms with Crippen molar-refractivity contribution >= 4 is 17.5 Å². The molecule has 0 saturated heterocycles. The summed E-state index contributed by atoms with van der Waals surface area (Å²) in [5.41, 5.74) is 6.80. The normalized spacial score (nSPS) is 9.38. The van der Waals surface area contributed by atoms with Crippen LogP contribution in [-0.4, -0.2) is 18.4 Å². The molecule has 0 saturated carbocycles. The molecule has 0 aliphatic rings. The zero-order valence-electron chi connectivity index (χ0n) is 9.33. The number of amides is 2. The third-order valence-electron chi connectivity index (χ3n) is 1.92. The fourth-order valence-corrected chi connectivity index (χ4v) is 1.06. The number of benzene rings is 1. The summed E-state index contributed by atoms with van der Waals surface area (Å²) in [5.74, 6) is -1.36. The maximum atomic E-state index is 11.2. The second kappa shape index (κ2) is 5.75. The Bertz CT molecular complexity index is 373. The van der Waals surface area contributed by atoms with Crippen LogP contribution in [0.1, 0.15) is 12.5 Å². The Morgan fingerprint density at radius 1 is 1.12 bits per heavy atom. The van der Waals surface area contributed by atoms with Gasteiger partial charge in [0.1, 0.15) is 0 Å². The van der Waals surface area contributed by atoms with E-state index in [1.54, 1.807) is 6.92 Å². The van der Waals surface area contributed by atoms with E-state index in [4.69, 9.17) is 0 Å². The zero-order valence-corrected chi connectivity index (χ0v) is 9.33. The molecule has 0 fully saturated rings. The molecule has 86 valence electrons. The lowest BCUT2D eigenvalue weighted by Gasteiger charge is -2.08. The Labute approximate surface area is 94.2 Å². The van der Waals surface area contributed by atoms with Crippen molar-refractivity contribution in [1.82, 2.24) is 10.7 Å². The van der Waals surface area contributed by atoms with Gasteiger partial charge in [-0.25, -0.2) is 0 Å². The third kappa shape index (κ3) is 3.61. The molecule has 1 aromatic rings. The molecule has 0 aliphatic heterocycles. The number of carbonyl (C=O) groups excluding carboxylic acids is 2. The van der Waals surface area contributed by atoms with Crippen LogP contribution in [0.5, 0.6) is 0 Å². The van der Waals surface area contributed by atoms with Crippen molar-refractivity contribution < 1.29 is 9.59 Å². The minimum atomic E-state index is -0.706. The molecule has 1 aromatic carbocycles. The minimum absolute atomic E-state index is 0.427. The van der Waals surface area contributed by atoms with Crippen molar-refractivity contribution in [2.24, 2.45) is 0 Å². The predicted octanol–water partition coefficient (Wildman–Crippen LogP) is 0.574. The Balaban J connectivity index is 2.42. The molecule has 1 rings (SSSR count). The largest absolute Gasteiger partial charge is 0.348 e. The van der Waals surface area contributed by atoms with Crippen LogP contribution < -0.4 is 16.2 Å². The molecular formula is C11H15N3O2. The third-order valence-corrected chi connectivity index (χ3v) is 1.92. The van der Waals surface area contributed by atoms with E-state index < -0.39 is 11.8 Å². The topological polar surface area (TPSA) is 70.2 Å². The maximum Gasteiger partial charge on any atom is 0.327 e. The molecular weight excluding hydrogens is 206 g/mol. The Morgan fingerprint density at radius 3 is 2.31 bits per heavy atom. The van der Waals surface area contributed by atoms with Gasteiger partial charge in [0.15, 0.2) is 0 Å². The van der Waals surface area contributed by atoms with E-state index in [1.165, 1.54) is 0 Å². The van der Waals surface area contributed by atoms with E-state index in [2.05, 4.69) is 16.2 Å². The van der Waals surface area contributed by atoms with Crippen LogP contribution in [-0.2, 0) is 9.59 Å². The molecule has 0 atom stereocenters. The number of anilines is 1. The second-order valence-electron chi connectivity index (χ2n) is 3.30. The highest BCUT2D eigenvalue weighted by atomic mass is 16.2. The summed E-state index contributed by atoms with van der Waals surface area (Å²) < 4.78 is 0. The summed E-state index contributed by atoms with van der Waals surface area (Å²) in [6.07, 6.45) is 0. The first-order chi connectivity index (χ1) is 7.63. The molecule has 0 radical (unpaired) electrons. The van der Waals surface area contributed by atoms with Gasteiger partial charge < -0.3 is 5.32 Å². The zero-order chi connectivity index (χ0) is 12.0. The van der Waals surface area contributed by atoms with Gasteiger partial charge in [0.25, 0.3) is 0 Å². The van der Waals surface area contributed by atoms with Crippen LogP contribution >= 0.6 is 0 Å². The average molecular weight is 221 g/mol. The van der Waals surface area contributed by atoms with Crippen molar-refractivity contribution in [2.75, 3.05) is 12.0 Å². The molecule has 0 aromatic heterocycles. The number of likely N-dealkylation sites (N-methyl/N-ethyl adjacent to an activating group) is 1. The predicted molar refractivity (Wildman–Crippen MR) is 61.6 cm³/mol. The standard InChI is InChI=1S/C11H15N3O2/c1-3-12-10(15)11(16)14-13-9-6-4-8(2)5-7-9/h4-7,13H,3H2,1-2H3,(H,12,15)(H,14,16). The Morgan fingerprint density at radius 2 is 1.75 bits per heavy atom. The minimum Gasteiger partial charge on any atom is -0.348 e. The van der Waals surface area contributed by atoms with Gasteiger partial charge >= 0.3 is 11.8 Å². The van der Waals surface area contributed by atoms with Crippen LogP contribution in [0.25, 0.3) is 0 Å². The van der Waals surface area contributed by atoms with Gasteiger partial charge in [-0.3, -0.25) is 20.4 Å². The van der Waals surface area contributed by atoms with E-state index in [0.717, 1.165) is 11.3 Å². The first-order valence-electron chi connectivity index (χ1n) is 5.04. The lowest BCUT2D eigenvalue weighted by Crippen LogP contribution is -2.42. The second-order valence-corrected chi connectivity index (χ2v) is 3.30. The van der Waals surface area contributed by atoms with Crippen LogP contribution in [0.3, 0.4) is 0 Å². The van der Waals surface area contributed by atoms with Crippen LogP contribution in [0.15, 0.2) is 24.3 Å². The monoisotopic (exact) mass is 221 g/mol. The number of aryl methyl sites for hydroxylation is 1. The molecule has 5 heteroatoms. The van der Waals surface area contributed by atoms with Crippen molar-refractivity contribution in [1.29, 1.82) is 0 Å². The number of hydrazine groups is 1. The van der Waals surface area contributed by atoms with Gasteiger partial charge in [0.05, 0.1) is 5.69 Å². The molecule has 3 N–H and O–H groups in total. The number of carbonyl (C=O) groups is 2. The molecule has 0 heterocycles. The van der Waals surface area contributed by atoms with Gasteiger partial charge in [-0.05, 0) is 26.0 Å². The van der Waals surface area contributed by atoms with Gasteiger partial charge in [0.2, 0.25) is 0 Å². The van der Waals surface area contributed by atoms with Gasteiger partial charge in [-0.15, -0.1) is 0 Å². The van der Waals surface area contributed by atoms with Gasteiger partial charge in [-0.1, -0.05) is 17.7 Å². The van der Waals surface area contributed by atoms with E-state index >= 15 is 0 Å². The van der Waals surface area contributed by atoms with Gasteiger partial charge in [0, 0.05) is 6.54 Å². The molecule has 2 amide bonds. The van der Waals surface area contributed by atoms with Crippen LogP contribution in [0.2, 0.25) is 0 Å². The SMILES string of the molecule is CCNC(=O)C(=O)NNc1ccc(C)cc1. The molecule has 0 bridgehead atoms. The molecule has 16 heavy (non-hydrogen) atoms. The fourth-order valence-electron chi connectivity index (χ4n) is 1.06. The molecule has 0 aliphatic carbocycles. The smallest absolute Gasteiger partial charge is 0.327 e. The van der Waals surface area contributed by atoms with E-state index in [9.17, 15) is 9.59 Å². The quantitative estimate of drug-likeness (QED) is 0.516. The van der Waals surface area contributed by atoms with E-state index in [1.807, 2.05) is 31.2 Å². The summed E-state index contributed by atoms with van der Waals surface area (Å²) in [4.78, 5) is 22.2. The molecule has 0 spiro atoms. The Hall–Kier alpha value is -2.04. The molecule has 0 unspecified atom stereocenters. The lowest BCUT2D eigenvalue weighted by atomic mass is 10.2. The average Bonchev–Trinajstić information content (AvgIpc) is 2.28. The highest BCUT2D eigenvalue weighted by Crippen LogP contribution is 2.06. The van der Waals surface area contributed by atoms with Gasteiger partial charge in [-0.2, -0.15) is 0 Å². The highest BCUT2D eigenvalue weighted by Gasteiger charge is 2.10. The highest BCUT2D eigenvalue weighted by molar-refractivity contribution is 6.35. The summed E-state index contributed by atoms with van der Waals surface area (Å²) in [6, 6.07) is 7.43. The van der Waals surface area contributed by atoms with Crippen molar-refractivity contribution in [3.8, 4) is 0 Å². The first kappa shape index (κ1) is 12.0. The lowest BCUT2D eigenvalue weighted by molar-refractivity contribution is -0.138. The molecule has 5 nitrogen and oxygen atoms in total. The van der Waals surface area contributed by atoms with E-state index in [-0.39, 0.29) is 0 Å². The first-order valence-corrected chi connectivity index (χ1v) is 5.04. The van der Waals surface area contributed by atoms with Crippen molar-refractivity contribution in [3.63, 3.8) is 0 Å². The number of hydrogen-bond acceptors (Lipinski definition) is 3. The summed E-state index contributed by atoms with van der Waals surface area (Å²) in [5, 5.41) is 2.40. The number of rotatable bonds is 3. The van der Waals surface area contributed by atoms with Crippen molar-refractivity contribution in [2.45, 2.75) is 13.8 Å². The maximum absolute atomic E-state index is 11.2. The summed E-state index contributed by atoms with van der Waals surface area (Å²) in [7, 11) is 0. The van der Waals surface area contributed by atoms with Crippen LogP contribution in [0.4, 0.5) is 5.69 Å². The number of hydrogen-bond donors (Lipinski definition) is 3. The van der Waals surface area contributed by atoms with Crippen molar-refractivity contribution in [3.05, 3.63) is 29.8 Å². The van der Waals surface area contributed by atoms with E-state index in [0.29, 0.717) is 6.54 Å². The fraction of sp³-hybridized carbons (Fsp3) is 0.273. The summed E-state index contributed by atoms with van der Waals surface area (Å²) >= 11 is 0. The number of nitrogens with one attached hydrogen (secondary N) is 3. The summed E-state index contributed by atoms with van der Waals surface area (Å²) in [6.45, 7) is 4.15.